The van der Waals surface area contributed by atoms with Gasteiger partial charge in [-0.15, -0.1) is 0 Å². The van der Waals surface area contributed by atoms with E-state index in [0.717, 1.165) is 16.6 Å². The molecule has 1 aromatic heterocycles. The highest BCUT2D eigenvalue weighted by Gasteiger charge is 2.14. The standard InChI is InChI=1S/C17H9BrN4O4/c18-11-2-3-13-12(7-11)17(24)21-16(20-13)10(8-19)5-9-1-4-15(23)14(6-9)22(25)26/h1-7,23H,(H,20,21,24)/b10-5+. The summed E-state index contributed by atoms with van der Waals surface area (Å²) >= 11 is 3.28. The number of benzene rings is 2. The summed E-state index contributed by atoms with van der Waals surface area (Å²) < 4.78 is 0.720. The fourth-order valence-corrected chi connectivity index (χ4v) is 2.70. The van der Waals surface area contributed by atoms with Crippen molar-refractivity contribution in [1.29, 1.82) is 5.26 Å². The minimum absolute atomic E-state index is 0.0203. The van der Waals surface area contributed by atoms with E-state index >= 15 is 0 Å². The van der Waals surface area contributed by atoms with Crippen LogP contribution in [0.4, 0.5) is 5.69 Å². The Morgan fingerprint density at radius 2 is 2.12 bits per heavy atom. The van der Waals surface area contributed by atoms with E-state index in [-0.39, 0.29) is 11.4 Å². The normalized spacial score (nSPS) is 11.3. The largest absolute Gasteiger partial charge is 0.502 e. The number of aromatic nitrogens is 2. The number of aromatic amines is 1. The van der Waals surface area contributed by atoms with Gasteiger partial charge in [0.05, 0.1) is 21.4 Å². The molecule has 3 aromatic rings. The monoisotopic (exact) mass is 412 g/mol. The number of fused-ring (bicyclic) bond motifs is 1. The van der Waals surface area contributed by atoms with Gasteiger partial charge < -0.3 is 10.1 Å². The van der Waals surface area contributed by atoms with Crippen LogP contribution < -0.4 is 5.56 Å². The first-order valence-corrected chi connectivity index (χ1v) is 7.97. The number of aromatic hydroxyl groups is 1. The molecule has 128 valence electrons. The van der Waals surface area contributed by atoms with Crippen LogP contribution in [0.1, 0.15) is 11.4 Å². The van der Waals surface area contributed by atoms with E-state index in [0.29, 0.717) is 16.5 Å². The second-order valence-corrected chi connectivity index (χ2v) is 6.17. The van der Waals surface area contributed by atoms with Crippen LogP contribution in [0.2, 0.25) is 0 Å². The van der Waals surface area contributed by atoms with E-state index in [1.807, 2.05) is 6.07 Å². The molecule has 3 rings (SSSR count). The maximum absolute atomic E-state index is 12.2. The molecule has 0 aliphatic carbocycles. The van der Waals surface area contributed by atoms with E-state index in [1.54, 1.807) is 18.2 Å². The number of rotatable bonds is 3. The zero-order valence-electron chi connectivity index (χ0n) is 12.9. The van der Waals surface area contributed by atoms with Crippen molar-refractivity contribution in [1.82, 2.24) is 9.97 Å². The zero-order chi connectivity index (χ0) is 18.8. The van der Waals surface area contributed by atoms with E-state index in [1.165, 1.54) is 12.1 Å². The van der Waals surface area contributed by atoms with E-state index < -0.39 is 21.9 Å². The molecule has 0 unspecified atom stereocenters. The molecule has 0 aliphatic rings. The Kier molecular flexibility index (Phi) is 4.51. The van der Waals surface area contributed by atoms with Crippen LogP contribution >= 0.6 is 15.9 Å². The third kappa shape index (κ3) is 3.31. The maximum atomic E-state index is 12.2. The number of allylic oxidation sites excluding steroid dienone is 1. The molecule has 0 radical (unpaired) electrons. The van der Waals surface area contributed by atoms with Crippen molar-refractivity contribution in [3.05, 3.63) is 72.7 Å². The van der Waals surface area contributed by atoms with Gasteiger partial charge >= 0.3 is 5.69 Å². The molecule has 9 heteroatoms. The molecule has 2 N–H and O–H groups in total. The molecule has 8 nitrogen and oxygen atoms in total. The molecule has 0 aliphatic heterocycles. The van der Waals surface area contributed by atoms with Crippen molar-refractivity contribution in [2.45, 2.75) is 0 Å². The van der Waals surface area contributed by atoms with E-state index in [9.17, 15) is 25.3 Å². The molecule has 0 saturated carbocycles. The lowest BCUT2D eigenvalue weighted by molar-refractivity contribution is -0.385. The van der Waals surface area contributed by atoms with Crippen molar-refractivity contribution in [3.8, 4) is 11.8 Å². The molecule has 0 amide bonds. The predicted molar refractivity (Wildman–Crippen MR) is 98.3 cm³/mol. The lowest BCUT2D eigenvalue weighted by atomic mass is 10.1. The molecule has 26 heavy (non-hydrogen) atoms. The van der Waals surface area contributed by atoms with Crippen molar-refractivity contribution in [2.24, 2.45) is 0 Å². The summed E-state index contributed by atoms with van der Waals surface area (Å²) in [5.74, 6) is -0.434. The highest BCUT2D eigenvalue weighted by Crippen LogP contribution is 2.28. The quantitative estimate of drug-likeness (QED) is 0.384. The first-order valence-electron chi connectivity index (χ1n) is 7.18. The van der Waals surface area contributed by atoms with Gasteiger partial charge in [-0.25, -0.2) is 4.98 Å². The number of nitro groups is 1. The Labute approximate surface area is 154 Å². The van der Waals surface area contributed by atoms with Crippen LogP contribution in [0.25, 0.3) is 22.6 Å². The molecule has 0 spiro atoms. The van der Waals surface area contributed by atoms with E-state index in [2.05, 4.69) is 25.9 Å². The molecule has 0 saturated heterocycles. The van der Waals surface area contributed by atoms with Gasteiger partial charge in [-0.1, -0.05) is 22.0 Å². The summed E-state index contributed by atoms with van der Waals surface area (Å²) in [6.45, 7) is 0. The number of hydrogen-bond donors (Lipinski definition) is 2. The molecule has 2 aromatic carbocycles. The fourth-order valence-electron chi connectivity index (χ4n) is 2.34. The Balaban J connectivity index is 2.14. The second kappa shape index (κ2) is 6.78. The number of hydrogen-bond acceptors (Lipinski definition) is 6. The van der Waals surface area contributed by atoms with Gasteiger partial charge in [0.1, 0.15) is 6.07 Å². The van der Waals surface area contributed by atoms with E-state index in [4.69, 9.17) is 0 Å². The van der Waals surface area contributed by atoms with Gasteiger partial charge in [-0.05, 0) is 35.9 Å². The molecular weight excluding hydrogens is 404 g/mol. The zero-order valence-corrected chi connectivity index (χ0v) is 14.5. The number of phenolic OH excluding ortho intramolecular Hbond substituents is 1. The lowest BCUT2D eigenvalue weighted by Crippen LogP contribution is -2.11. The topological polar surface area (TPSA) is 133 Å². The summed E-state index contributed by atoms with van der Waals surface area (Å²) in [7, 11) is 0. The number of nitro benzene ring substituents is 1. The van der Waals surface area contributed by atoms with Crippen molar-refractivity contribution in [3.63, 3.8) is 0 Å². The Morgan fingerprint density at radius 1 is 1.35 bits per heavy atom. The van der Waals surface area contributed by atoms with Gasteiger partial charge in [0, 0.05) is 10.5 Å². The third-order valence-electron chi connectivity index (χ3n) is 3.55. The molecule has 0 fully saturated rings. The van der Waals surface area contributed by atoms with Crippen LogP contribution in [0.5, 0.6) is 5.75 Å². The molecule has 0 atom stereocenters. The molecular formula is C17H9BrN4O4. The van der Waals surface area contributed by atoms with Gasteiger partial charge in [-0.2, -0.15) is 5.26 Å². The van der Waals surface area contributed by atoms with Crippen LogP contribution in [0.15, 0.2) is 45.7 Å². The number of H-pyrrole nitrogens is 1. The summed E-state index contributed by atoms with van der Waals surface area (Å²) in [6, 6.07) is 10.6. The Morgan fingerprint density at radius 3 is 2.81 bits per heavy atom. The summed E-state index contributed by atoms with van der Waals surface area (Å²) in [5, 5.41) is 30.2. The predicted octanol–water partition coefficient (Wildman–Crippen LogP) is 3.36. The number of halogens is 1. The molecule has 0 bridgehead atoms. The Bertz CT molecular complexity index is 1180. The summed E-state index contributed by atoms with van der Waals surface area (Å²) in [6.07, 6.45) is 1.34. The first kappa shape index (κ1) is 17.3. The highest BCUT2D eigenvalue weighted by molar-refractivity contribution is 9.10. The van der Waals surface area contributed by atoms with Crippen molar-refractivity contribution < 1.29 is 10.0 Å². The number of nitrogens with zero attached hydrogens (tertiary/aromatic N) is 3. The number of nitrogens with one attached hydrogen (secondary N) is 1. The maximum Gasteiger partial charge on any atom is 0.311 e. The third-order valence-corrected chi connectivity index (χ3v) is 4.04. The minimum Gasteiger partial charge on any atom is -0.502 e. The second-order valence-electron chi connectivity index (χ2n) is 5.25. The van der Waals surface area contributed by atoms with Gasteiger partial charge in [0.15, 0.2) is 11.6 Å². The summed E-state index contributed by atoms with van der Waals surface area (Å²) in [4.78, 5) is 29.2. The van der Waals surface area contributed by atoms with Gasteiger partial charge in [0.25, 0.3) is 5.56 Å². The average Bonchev–Trinajstić information content (AvgIpc) is 2.61. The number of nitriles is 1. The smallest absolute Gasteiger partial charge is 0.311 e. The van der Waals surface area contributed by atoms with Crippen molar-refractivity contribution >= 4 is 44.2 Å². The Hall–Kier alpha value is -3.51. The van der Waals surface area contributed by atoms with Crippen LogP contribution in [0.3, 0.4) is 0 Å². The fraction of sp³-hybridized carbons (Fsp3) is 0. The van der Waals surface area contributed by atoms with Gasteiger partial charge in [0.2, 0.25) is 0 Å². The minimum atomic E-state index is -0.729. The lowest BCUT2D eigenvalue weighted by Gasteiger charge is -2.03. The highest BCUT2D eigenvalue weighted by atomic mass is 79.9. The molecule has 1 heterocycles. The van der Waals surface area contributed by atoms with Gasteiger partial charge in [-0.3, -0.25) is 14.9 Å². The SMILES string of the molecule is N#C/C(=C\c1ccc(O)c([N+](=O)[O-])c1)c1nc2ccc(Br)cc2c(=O)[nH]1. The summed E-state index contributed by atoms with van der Waals surface area (Å²) in [5.41, 5.74) is -0.161. The average molecular weight is 413 g/mol. The van der Waals surface area contributed by atoms with Crippen LogP contribution in [-0.2, 0) is 0 Å². The van der Waals surface area contributed by atoms with Crippen molar-refractivity contribution in [2.75, 3.05) is 0 Å². The van der Waals surface area contributed by atoms with Crippen LogP contribution in [0, 0.1) is 21.4 Å². The first-order chi connectivity index (χ1) is 12.4. The number of phenols is 1. The van der Waals surface area contributed by atoms with Crippen LogP contribution in [-0.4, -0.2) is 20.0 Å².